The molecule has 0 fully saturated rings. The van der Waals surface area contributed by atoms with E-state index in [1.165, 1.54) is 33.5 Å². The van der Waals surface area contributed by atoms with Crippen LogP contribution >= 0.6 is 0 Å². The summed E-state index contributed by atoms with van der Waals surface area (Å²) in [6.07, 6.45) is -0.522. The number of hydrogen-bond donors (Lipinski definition) is 0. The second kappa shape index (κ2) is 6.77. The van der Waals surface area contributed by atoms with Crippen LogP contribution < -0.4 is 9.47 Å². The van der Waals surface area contributed by atoms with Gasteiger partial charge in [-0.15, -0.1) is 0 Å². The highest BCUT2D eigenvalue weighted by atomic mass is 16.7. The molecular formula is C11H15NO6. The zero-order valence-electron chi connectivity index (χ0n) is 10.4. The number of methoxy groups -OCH3 is 3. The van der Waals surface area contributed by atoms with Gasteiger partial charge in [-0.2, -0.15) is 0 Å². The first-order valence-corrected chi connectivity index (χ1v) is 5.13. The van der Waals surface area contributed by atoms with E-state index in [0.717, 1.165) is 0 Å². The maximum atomic E-state index is 10.8. The Morgan fingerprint density at radius 3 is 2.44 bits per heavy atom. The van der Waals surface area contributed by atoms with E-state index in [-0.39, 0.29) is 18.0 Å². The minimum atomic E-state index is -0.532. The van der Waals surface area contributed by atoms with Gasteiger partial charge in [-0.05, 0) is 12.1 Å². The predicted octanol–water partition coefficient (Wildman–Crippen LogP) is 1.60. The first-order valence-electron chi connectivity index (χ1n) is 5.13. The fourth-order valence-electron chi connectivity index (χ4n) is 1.30. The van der Waals surface area contributed by atoms with Crippen molar-refractivity contribution in [2.45, 2.75) is 6.29 Å². The van der Waals surface area contributed by atoms with Crippen LogP contribution in [0.4, 0.5) is 5.69 Å². The Bertz CT molecular complexity index is 405. The van der Waals surface area contributed by atoms with E-state index >= 15 is 0 Å². The summed E-state index contributed by atoms with van der Waals surface area (Å²) in [5, 5.41) is 10.8. The Balaban J connectivity index is 2.79. The topological polar surface area (TPSA) is 80.1 Å². The smallest absolute Gasteiger partial charge is 0.314 e. The molecule has 0 atom stereocenters. The zero-order valence-corrected chi connectivity index (χ0v) is 10.4. The minimum absolute atomic E-state index is 0.135. The molecule has 0 spiro atoms. The SMILES string of the molecule is COc1ccc(OCC(OC)OC)cc1[N+](=O)[O-]. The molecule has 1 aromatic carbocycles. The molecule has 1 aromatic rings. The van der Waals surface area contributed by atoms with Crippen LogP contribution in [0.5, 0.6) is 11.5 Å². The molecule has 0 aliphatic heterocycles. The van der Waals surface area contributed by atoms with Crippen molar-refractivity contribution in [3.8, 4) is 11.5 Å². The summed E-state index contributed by atoms with van der Waals surface area (Å²) in [5.41, 5.74) is -0.151. The lowest BCUT2D eigenvalue weighted by molar-refractivity contribution is -0.385. The van der Waals surface area contributed by atoms with Crippen molar-refractivity contribution in [1.82, 2.24) is 0 Å². The van der Waals surface area contributed by atoms with Gasteiger partial charge in [-0.3, -0.25) is 10.1 Å². The zero-order chi connectivity index (χ0) is 13.5. The summed E-state index contributed by atoms with van der Waals surface area (Å²) in [7, 11) is 4.33. The Labute approximate surface area is 104 Å². The minimum Gasteiger partial charge on any atom is -0.490 e. The maximum absolute atomic E-state index is 10.8. The highest BCUT2D eigenvalue weighted by Crippen LogP contribution is 2.30. The van der Waals surface area contributed by atoms with Crippen LogP contribution in [0, 0.1) is 10.1 Å². The van der Waals surface area contributed by atoms with Crippen LogP contribution in [0.3, 0.4) is 0 Å². The second-order valence-corrected chi connectivity index (χ2v) is 3.30. The molecule has 0 aliphatic rings. The molecule has 0 aromatic heterocycles. The molecule has 0 radical (unpaired) electrons. The standard InChI is InChI=1S/C11H15NO6/c1-15-10-5-4-8(6-9(10)12(13)14)18-7-11(16-2)17-3/h4-6,11H,7H2,1-3H3. The first kappa shape index (κ1) is 14.2. The van der Waals surface area contributed by atoms with Crippen molar-refractivity contribution < 1.29 is 23.9 Å². The highest BCUT2D eigenvalue weighted by Gasteiger charge is 2.16. The van der Waals surface area contributed by atoms with Crippen molar-refractivity contribution in [2.75, 3.05) is 27.9 Å². The van der Waals surface area contributed by atoms with Gasteiger partial charge < -0.3 is 18.9 Å². The number of ether oxygens (including phenoxy) is 4. The molecule has 0 amide bonds. The molecule has 0 saturated carbocycles. The van der Waals surface area contributed by atoms with Crippen LogP contribution in [0.1, 0.15) is 0 Å². The molecule has 100 valence electrons. The van der Waals surface area contributed by atoms with Crippen molar-refractivity contribution in [3.63, 3.8) is 0 Å². The van der Waals surface area contributed by atoms with E-state index in [4.69, 9.17) is 18.9 Å². The Morgan fingerprint density at radius 2 is 1.94 bits per heavy atom. The van der Waals surface area contributed by atoms with E-state index in [2.05, 4.69) is 0 Å². The Hall–Kier alpha value is -1.86. The summed E-state index contributed by atoms with van der Waals surface area (Å²) in [5.74, 6) is 0.531. The van der Waals surface area contributed by atoms with Gasteiger partial charge in [0.15, 0.2) is 12.0 Å². The lowest BCUT2D eigenvalue weighted by Crippen LogP contribution is -2.22. The van der Waals surface area contributed by atoms with Crippen LogP contribution in [0.15, 0.2) is 18.2 Å². The number of nitro groups is 1. The molecule has 18 heavy (non-hydrogen) atoms. The third kappa shape index (κ3) is 3.57. The Morgan fingerprint density at radius 1 is 1.28 bits per heavy atom. The number of benzene rings is 1. The van der Waals surface area contributed by atoms with Gasteiger partial charge in [0.2, 0.25) is 0 Å². The van der Waals surface area contributed by atoms with Crippen molar-refractivity contribution >= 4 is 5.69 Å². The van der Waals surface area contributed by atoms with Gasteiger partial charge in [0.25, 0.3) is 0 Å². The highest BCUT2D eigenvalue weighted by molar-refractivity contribution is 5.50. The molecule has 0 heterocycles. The summed E-state index contributed by atoms with van der Waals surface area (Å²) in [4.78, 5) is 10.3. The molecule has 0 saturated heterocycles. The average Bonchev–Trinajstić information content (AvgIpc) is 2.39. The van der Waals surface area contributed by atoms with E-state index in [0.29, 0.717) is 5.75 Å². The number of rotatable bonds is 7. The van der Waals surface area contributed by atoms with Crippen LogP contribution in [0.25, 0.3) is 0 Å². The third-order valence-electron chi connectivity index (χ3n) is 2.26. The number of nitrogens with zero attached hydrogens (tertiary/aromatic N) is 1. The molecule has 1 rings (SSSR count). The summed E-state index contributed by atoms with van der Waals surface area (Å²) < 4.78 is 20.1. The lowest BCUT2D eigenvalue weighted by Gasteiger charge is -2.14. The predicted molar refractivity (Wildman–Crippen MR) is 62.9 cm³/mol. The lowest BCUT2D eigenvalue weighted by atomic mass is 10.3. The second-order valence-electron chi connectivity index (χ2n) is 3.30. The van der Waals surface area contributed by atoms with E-state index < -0.39 is 11.2 Å². The van der Waals surface area contributed by atoms with Gasteiger partial charge in [0, 0.05) is 14.2 Å². The molecule has 7 nitrogen and oxygen atoms in total. The maximum Gasteiger partial charge on any atom is 0.314 e. The normalized spacial score (nSPS) is 10.4. The molecular weight excluding hydrogens is 242 g/mol. The summed E-state index contributed by atoms with van der Waals surface area (Å²) in [6.45, 7) is 0.135. The molecule has 0 N–H and O–H groups in total. The monoisotopic (exact) mass is 257 g/mol. The Kier molecular flexibility index (Phi) is 5.34. The van der Waals surface area contributed by atoms with Crippen LogP contribution in [-0.4, -0.2) is 39.1 Å². The molecule has 7 heteroatoms. The van der Waals surface area contributed by atoms with Gasteiger partial charge in [-0.1, -0.05) is 0 Å². The fourth-order valence-corrected chi connectivity index (χ4v) is 1.30. The number of hydrogen-bond acceptors (Lipinski definition) is 6. The van der Waals surface area contributed by atoms with Gasteiger partial charge in [-0.25, -0.2) is 0 Å². The molecule has 0 aliphatic carbocycles. The quantitative estimate of drug-likeness (QED) is 0.419. The van der Waals surface area contributed by atoms with Gasteiger partial charge in [0.1, 0.15) is 12.4 Å². The van der Waals surface area contributed by atoms with E-state index in [1.807, 2.05) is 0 Å². The van der Waals surface area contributed by atoms with Crippen molar-refractivity contribution in [2.24, 2.45) is 0 Å². The van der Waals surface area contributed by atoms with Gasteiger partial charge >= 0.3 is 5.69 Å². The van der Waals surface area contributed by atoms with Crippen molar-refractivity contribution in [3.05, 3.63) is 28.3 Å². The van der Waals surface area contributed by atoms with E-state index in [9.17, 15) is 10.1 Å². The fraction of sp³-hybridized carbons (Fsp3) is 0.455. The van der Waals surface area contributed by atoms with Gasteiger partial charge in [0.05, 0.1) is 18.1 Å². The molecule has 0 bridgehead atoms. The number of nitro benzene ring substituents is 1. The molecule has 0 unspecified atom stereocenters. The van der Waals surface area contributed by atoms with Crippen LogP contribution in [0.2, 0.25) is 0 Å². The first-order chi connectivity index (χ1) is 8.62. The van der Waals surface area contributed by atoms with Crippen molar-refractivity contribution in [1.29, 1.82) is 0 Å². The largest absolute Gasteiger partial charge is 0.490 e. The van der Waals surface area contributed by atoms with E-state index in [1.54, 1.807) is 6.07 Å². The third-order valence-corrected chi connectivity index (χ3v) is 2.26. The van der Waals surface area contributed by atoms with Crippen LogP contribution in [-0.2, 0) is 9.47 Å². The average molecular weight is 257 g/mol. The summed E-state index contributed by atoms with van der Waals surface area (Å²) >= 11 is 0. The summed E-state index contributed by atoms with van der Waals surface area (Å²) in [6, 6.07) is 4.34.